The highest BCUT2D eigenvalue weighted by Gasteiger charge is 2.32. The molecule has 1 saturated heterocycles. The number of carbonyl (C=O) groups excluding carboxylic acids is 1. The molecule has 1 aliphatic rings. The average molecular weight is 301 g/mol. The van der Waals surface area contributed by atoms with Crippen LogP contribution in [0.2, 0.25) is 5.15 Å². The minimum atomic E-state index is -0.0288. The molecule has 0 spiro atoms. The molecule has 21 heavy (non-hydrogen) atoms. The zero-order valence-electron chi connectivity index (χ0n) is 11.9. The summed E-state index contributed by atoms with van der Waals surface area (Å²) in [5, 5.41) is 0.276. The second-order valence-electron chi connectivity index (χ2n) is 5.35. The molecule has 1 aromatic carbocycles. The van der Waals surface area contributed by atoms with Crippen LogP contribution in [0.25, 0.3) is 0 Å². The zero-order chi connectivity index (χ0) is 14.8. The molecule has 0 bridgehead atoms. The van der Waals surface area contributed by atoms with Crippen molar-refractivity contribution in [2.75, 3.05) is 6.54 Å². The molecule has 3 rings (SSSR count). The van der Waals surface area contributed by atoms with Gasteiger partial charge in [0.05, 0.1) is 11.6 Å². The number of benzene rings is 1. The Balaban J connectivity index is 1.93. The lowest BCUT2D eigenvalue weighted by atomic mass is 9.99. The topological polar surface area (TPSA) is 33.2 Å². The van der Waals surface area contributed by atoms with Gasteiger partial charge in [-0.1, -0.05) is 35.9 Å². The summed E-state index contributed by atoms with van der Waals surface area (Å²) in [4.78, 5) is 18.7. The Morgan fingerprint density at radius 3 is 2.86 bits per heavy atom. The van der Waals surface area contributed by atoms with Gasteiger partial charge in [-0.3, -0.25) is 4.79 Å². The maximum Gasteiger partial charge on any atom is 0.257 e. The van der Waals surface area contributed by atoms with E-state index in [1.54, 1.807) is 18.3 Å². The first kappa shape index (κ1) is 14.1. The fourth-order valence-corrected chi connectivity index (χ4v) is 3.19. The maximum absolute atomic E-state index is 12.8. The summed E-state index contributed by atoms with van der Waals surface area (Å²) in [7, 11) is 0. The molecule has 2 heterocycles. The second-order valence-corrected chi connectivity index (χ2v) is 5.71. The Labute approximate surface area is 129 Å². The second kappa shape index (κ2) is 5.86. The van der Waals surface area contributed by atoms with E-state index in [-0.39, 0.29) is 17.1 Å². The molecule has 108 valence electrons. The molecule has 1 aromatic heterocycles. The first-order valence-corrected chi connectivity index (χ1v) is 7.53. The fourth-order valence-electron chi connectivity index (χ4n) is 2.99. The molecule has 0 radical (unpaired) electrons. The molecule has 0 aliphatic carbocycles. The van der Waals surface area contributed by atoms with Crippen LogP contribution in [0.1, 0.15) is 40.4 Å². The van der Waals surface area contributed by atoms with Crippen molar-refractivity contribution in [1.82, 2.24) is 9.88 Å². The summed E-state index contributed by atoms with van der Waals surface area (Å²) in [6.45, 7) is 2.86. The largest absolute Gasteiger partial charge is 0.332 e. The van der Waals surface area contributed by atoms with E-state index in [4.69, 9.17) is 11.6 Å². The molecule has 1 aliphatic heterocycles. The Bertz CT molecular complexity index is 671. The van der Waals surface area contributed by atoms with Crippen molar-refractivity contribution in [3.63, 3.8) is 0 Å². The van der Waals surface area contributed by atoms with Gasteiger partial charge in [-0.15, -0.1) is 0 Å². The highest BCUT2D eigenvalue weighted by atomic mass is 35.5. The van der Waals surface area contributed by atoms with Gasteiger partial charge in [0.2, 0.25) is 0 Å². The summed E-state index contributed by atoms with van der Waals surface area (Å²) >= 11 is 6.06. The first-order valence-electron chi connectivity index (χ1n) is 7.15. The number of aryl methyl sites for hydroxylation is 1. The van der Waals surface area contributed by atoms with Gasteiger partial charge in [-0.25, -0.2) is 4.98 Å². The molecule has 2 aromatic rings. The first-order chi connectivity index (χ1) is 10.2. The van der Waals surface area contributed by atoms with Crippen molar-refractivity contribution in [3.8, 4) is 0 Å². The van der Waals surface area contributed by atoms with E-state index in [1.165, 1.54) is 11.1 Å². The number of hydrogen-bond acceptors (Lipinski definition) is 2. The molecule has 1 unspecified atom stereocenters. The molecular formula is C17H17ClN2O. The van der Waals surface area contributed by atoms with Gasteiger partial charge in [0.1, 0.15) is 5.15 Å². The maximum atomic E-state index is 12.8. The van der Waals surface area contributed by atoms with Crippen molar-refractivity contribution >= 4 is 17.5 Å². The number of rotatable bonds is 2. The van der Waals surface area contributed by atoms with Gasteiger partial charge < -0.3 is 4.90 Å². The number of hydrogen-bond donors (Lipinski definition) is 0. The van der Waals surface area contributed by atoms with Crippen LogP contribution in [-0.4, -0.2) is 22.3 Å². The van der Waals surface area contributed by atoms with Crippen molar-refractivity contribution in [1.29, 1.82) is 0 Å². The monoisotopic (exact) mass is 300 g/mol. The van der Waals surface area contributed by atoms with E-state index >= 15 is 0 Å². The van der Waals surface area contributed by atoms with E-state index in [0.717, 1.165) is 19.4 Å². The van der Waals surface area contributed by atoms with E-state index in [9.17, 15) is 4.79 Å². The third-order valence-corrected chi connectivity index (χ3v) is 4.35. The van der Waals surface area contributed by atoms with Crippen LogP contribution in [0.5, 0.6) is 0 Å². The van der Waals surface area contributed by atoms with Crippen LogP contribution in [0.4, 0.5) is 0 Å². The standard InChI is InChI=1S/C17H17ClN2O/c1-12-6-2-3-7-13(12)15-9-5-11-20(15)17(21)14-8-4-10-19-16(14)18/h2-4,6-8,10,15H,5,9,11H2,1H3. The molecule has 1 fully saturated rings. The van der Waals surface area contributed by atoms with E-state index in [1.807, 2.05) is 17.0 Å². The van der Waals surface area contributed by atoms with Crippen LogP contribution in [0.3, 0.4) is 0 Å². The molecular weight excluding hydrogens is 284 g/mol. The lowest BCUT2D eigenvalue weighted by molar-refractivity contribution is 0.0735. The molecule has 0 saturated carbocycles. The summed E-state index contributed by atoms with van der Waals surface area (Å²) in [5.41, 5.74) is 2.93. The number of amides is 1. The smallest absolute Gasteiger partial charge is 0.257 e. The normalized spacial score (nSPS) is 18.0. The number of nitrogens with zero attached hydrogens (tertiary/aromatic N) is 2. The Morgan fingerprint density at radius 2 is 2.10 bits per heavy atom. The van der Waals surface area contributed by atoms with Crippen molar-refractivity contribution in [2.45, 2.75) is 25.8 Å². The van der Waals surface area contributed by atoms with Crippen LogP contribution in [0.15, 0.2) is 42.6 Å². The van der Waals surface area contributed by atoms with Gasteiger partial charge >= 0.3 is 0 Å². The van der Waals surface area contributed by atoms with Crippen molar-refractivity contribution in [2.24, 2.45) is 0 Å². The van der Waals surface area contributed by atoms with Gasteiger partial charge in [0.25, 0.3) is 5.91 Å². The number of aromatic nitrogens is 1. The Morgan fingerprint density at radius 1 is 1.29 bits per heavy atom. The Hall–Kier alpha value is -1.87. The summed E-state index contributed by atoms with van der Waals surface area (Å²) in [6, 6.07) is 11.9. The predicted octanol–water partition coefficient (Wildman–Crippen LogP) is 4.02. The fraction of sp³-hybridized carbons (Fsp3) is 0.294. The zero-order valence-corrected chi connectivity index (χ0v) is 12.7. The lowest BCUT2D eigenvalue weighted by Gasteiger charge is -2.26. The number of halogens is 1. The van der Waals surface area contributed by atoms with Gasteiger partial charge in [-0.05, 0) is 43.0 Å². The minimum absolute atomic E-state index is 0.0288. The molecule has 4 heteroatoms. The van der Waals surface area contributed by atoms with E-state index in [0.29, 0.717) is 5.56 Å². The van der Waals surface area contributed by atoms with Crippen LogP contribution in [-0.2, 0) is 0 Å². The number of pyridine rings is 1. The summed E-state index contributed by atoms with van der Waals surface area (Å²) < 4.78 is 0. The third-order valence-electron chi connectivity index (χ3n) is 4.05. The Kier molecular flexibility index (Phi) is 3.93. The van der Waals surface area contributed by atoms with Crippen molar-refractivity contribution in [3.05, 3.63) is 64.4 Å². The van der Waals surface area contributed by atoms with Crippen LogP contribution >= 0.6 is 11.6 Å². The van der Waals surface area contributed by atoms with Crippen LogP contribution in [0, 0.1) is 6.92 Å². The number of carbonyl (C=O) groups is 1. The van der Waals surface area contributed by atoms with Crippen LogP contribution < -0.4 is 0 Å². The van der Waals surface area contributed by atoms with E-state index < -0.39 is 0 Å². The summed E-state index contributed by atoms with van der Waals surface area (Å²) in [5.74, 6) is -0.0288. The quantitative estimate of drug-likeness (QED) is 0.785. The molecule has 1 amide bonds. The summed E-state index contributed by atoms with van der Waals surface area (Å²) in [6.07, 6.45) is 3.61. The molecule has 3 nitrogen and oxygen atoms in total. The van der Waals surface area contributed by atoms with E-state index in [2.05, 4.69) is 24.0 Å². The highest BCUT2D eigenvalue weighted by molar-refractivity contribution is 6.32. The minimum Gasteiger partial charge on any atom is -0.332 e. The van der Waals surface area contributed by atoms with Gasteiger partial charge in [0, 0.05) is 12.7 Å². The van der Waals surface area contributed by atoms with Gasteiger partial charge in [-0.2, -0.15) is 0 Å². The molecule has 1 atom stereocenters. The number of likely N-dealkylation sites (tertiary alicyclic amines) is 1. The highest BCUT2D eigenvalue weighted by Crippen LogP contribution is 2.35. The van der Waals surface area contributed by atoms with Gasteiger partial charge in [0.15, 0.2) is 0 Å². The third kappa shape index (κ3) is 2.66. The lowest BCUT2D eigenvalue weighted by Crippen LogP contribution is -2.31. The predicted molar refractivity (Wildman–Crippen MR) is 83.4 cm³/mol. The molecule has 0 N–H and O–H groups in total. The average Bonchev–Trinajstić information content (AvgIpc) is 2.97. The SMILES string of the molecule is Cc1ccccc1C1CCCN1C(=O)c1cccnc1Cl. The van der Waals surface area contributed by atoms with Crippen molar-refractivity contribution < 1.29 is 4.79 Å².